The fraction of sp³-hybridized carbons (Fsp3) is 0.455. The maximum Gasteiger partial charge on any atom is 0.0946 e. The van der Waals surface area contributed by atoms with Gasteiger partial charge in [-0.15, -0.1) is 0 Å². The van der Waals surface area contributed by atoms with Crippen LogP contribution in [-0.2, 0) is 13.1 Å². The van der Waals surface area contributed by atoms with Gasteiger partial charge in [0.2, 0.25) is 0 Å². The highest BCUT2D eigenvalue weighted by molar-refractivity contribution is 4.79. The van der Waals surface area contributed by atoms with Gasteiger partial charge in [0, 0.05) is 37.9 Å². The SMILES string of the molecule is CCC(Cn1ccnc1)Cn1cccn1. The fourth-order valence-electron chi connectivity index (χ4n) is 1.68. The van der Waals surface area contributed by atoms with Crippen molar-refractivity contribution >= 4 is 0 Å². The summed E-state index contributed by atoms with van der Waals surface area (Å²) in [7, 11) is 0. The molecule has 0 aliphatic heterocycles. The van der Waals surface area contributed by atoms with Crippen LogP contribution in [0.25, 0.3) is 0 Å². The molecule has 4 nitrogen and oxygen atoms in total. The van der Waals surface area contributed by atoms with E-state index in [2.05, 4.69) is 21.6 Å². The third kappa shape index (κ3) is 2.68. The molecule has 0 aliphatic carbocycles. The molecule has 0 bridgehead atoms. The zero-order chi connectivity index (χ0) is 10.5. The van der Waals surface area contributed by atoms with Gasteiger partial charge in [0.25, 0.3) is 0 Å². The molecule has 2 rings (SSSR count). The zero-order valence-corrected chi connectivity index (χ0v) is 8.95. The van der Waals surface area contributed by atoms with Crippen molar-refractivity contribution in [1.29, 1.82) is 0 Å². The predicted molar refractivity (Wildman–Crippen MR) is 58.2 cm³/mol. The minimum absolute atomic E-state index is 0.610. The molecule has 0 amide bonds. The van der Waals surface area contributed by atoms with Crippen LogP contribution in [0.1, 0.15) is 13.3 Å². The molecule has 0 spiro atoms. The van der Waals surface area contributed by atoms with E-state index in [1.54, 1.807) is 0 Å². The van der Waals surface area contributed by atoms with E-state index in [9.17, 15) is 0 Å². The minimum atomic E-state index is 0.610. The van der Waals surface area contributed by atoms with E-state index in [-0.39, 0.29) is 0 Å². The quantitative estimate of drug-likeness (QED) is 0.744. The molecule has 0 radical (unpaired) electrons. The van der Waals surface area contributed by atoms with E-state index in [1.165, 1.54) is 0 Å². The molecule has 4 heteroatoms. The highest BCUT2D eigenvalue weighted by atomic mass is 15.3. The Morgan fingerprint density at radius 2 is 2.13 bits per heavy atom. The normalized spacial score (nSPS) is 12.9. The average Bonchev–Trinajstić information content (AvgIpc) is 2.89. The molecule has 1 unspecified atom stereocenters. The van der Waals surface area contributed by atoms with E-state index in [4.69, 9.17) is 0 Å². The summed E-state index contributed by atoms with van der Waals surface area (Å²) in [6.45, 7) is 4.20. The largest absolute Gasteiger partial charge is 0.337 e. The molecule has 1 atom stereocenters. The van der Waals surface area contributed by atoms with Crippen molar-refractivity contribution in [3.63, 3.8) is 0 Å². The molecule has 0 aromatic carbocycles. The summed E-state index contributed by atoms with van der Waals surface area (Å²) in [5.41, 5.74) is 0. The first-order valence-electron chi connectivity index (χ1n) is 5.31. The monoisotopic (exact) mass is 204 g/mol. The van der Waals surface area contributed by atoms with E-state index in [0.717, 1.165) is 19.5 Å². The summed E-state index contributed by atoms with van der Waals surface area (Å²) in [5.74, 6) is 0.610. The van der Waals surface area contributed by atoms with Crippen molar-refractivity contribution in [1.82, 2.24) is 19.3 Å². The van der Waals surface area contributed by atoms with Crippen LogP contribution in [0.2, 0.25) is 0 Å². The lowest BCUT2D eigenvalue weighted by molar-refractivity contribution is 0.357. The second kappa shape index (κ2) is 4.77. The van der Waals surface area contributed by atoms with Gasteiger partial charge < -0.3 is 4.57 Å². The lowest BCUT2D eigenvalue weighted by Crippen LogP contribution is -2.16. The van der Waals surface area contributed by atoms with Gasteiger partial charge in [-0.3, -0.25) is 4.68 Å². The highest BCUT2D eigenvalue weighted by Gasteiger charge is 2.07. The Labute approximate surface area is 89.6 Å². The number of imidazole rings is 1. The average molecular weight is 204 g/mol. The van der Waals surface area contributed by atoms with Crippen molar-refractivity contribution in [3.05, 3.63) is 37.2 Å². The van der Waals surface area contributed by atoms with Crippen LogP contribution < -0.4 is 0 Å². The van der Waals surface area contributed by atoms with Gasteiger partial charge in [-0.05, 0) is 18.4 Å². The molecule has 0 N–H and O–H groups in total. The third-order valence-electron chi connectivity index (χ3n) is 2.61. The first-order valence-corrected chi connectivity index (χ1v) is 5.31. The molecule has 0 aliphatic rings. The number of hydrogen-bond donors (Lipinski definition) is 0. The minimum Gasteiger partial charge on any atom is -0.337 e. The Hall–Kier alpha value is -1.58. The number of aromatic nitrogens is 4. The van der Waals surface area contributed by atoms with Crippen LogP contribution in [0.4, 0.5) is 0 Å². The summed E-state index contributed by atoms with van der Waals surface area (Å²) in [6, 6.07) is 1.96. The van der Waals surface area contributed by atoms with Crippen molar-refractivity contribution in [2.24, 2.45) is 5.92 Å². The van der Waals surface area contributed by atoms with Gasteiger partial charge in [-0.25, -0.2) is 4.98 Å². The van der Waals surface area contributed by atoms with E-state index < -0.39 is 0 Å². The van der Waals surface area contributed by atoms with Crippen molar-refractivity contribution in [2.45, 2.75) is 26.4 Å². The van der Waals surface area contributed by atoms with Crippen LogP contribution in [0.3, 0.4) is 0 Å². The Kier molecular flexibility index (Phi) is 3.17. The van der Waals surface area contributed by atoms with Gasteiger partial charge in [-0.1, -0.05) is 6.92 Å². The second-order valence-electron chi connectivity index (χ2n) is 3.76. The van der Waals surface area contributed by atoms with Gasteiger partial charge in [0.05, 0.1) is 6.33 Å². The Morgan fingerprint density at radius 1 is 1.20 bits per heavy atom. The third-order valence-corrected chi connectivity index (χ3v) is 2.61. The Morgan fingerprint density at radius 3 is 2.73 bits per heavy atom. The summed E-state index contributed by atoms with van der Waals surface area (Å²) in [5, 5.41) is 4.23. The smallest absolute Gasteiger partial charge is 0.0946 e. The molecular weight excluding hydrogens is 188 g/mol. The van der Waals surface area contributed by atoms with Crippen molar-refractivity contribution < 1.29 is 0 Å². The van der Waals surface area contributed by atoms with Gasteiger partial charge in [-0.2, -0.15) is 5.10 Å². The topological polar surface area (TPSA) is 35.6 Å². The molecule has 0 saturated carbocycles. The maximum absolute atomic E-state index is 4.23. The number of rotatable bonds is 5. The van der Waals surface area contributed by atoms with Gasteiger partial charge in [0.1, 0.15) is 0 Å². The van der Waals surface area contributed by atoms with Crippen LogP contribution in [-0.4, -0.2) is 19.3 Å². The molecule has 80 valence electrons. The van der Waals surface area contributed by atoms with Crippen LogP contribution in [0, 0.1) is 5.92 Å². The molecular formula is C11H16N4. The summed E-state index contributed by atoms with van der Waals surface area (Å²) >= 11 is 0. The standard InChI is InChI=1S/C11H16N4/c1-2-11(8-14-7-5-12-10-14)9-15-6-3-4-13-15/h3-7,10-11H,2,8-9H2,1H3. The first-order chi connectivity index (χ1) is 7.38. The van der Waals surface area contributed by atoms with Crippen LogP contribution >= 0.6 is 0 Å². The molecule has 2 aromatic heterocycles. The predicted octanol–water partition coefficient (Wildman–Crippen LogP) is 1.81. The Balaban J connectivity index is 1.93. The van der Waals surface area contributed by atoms with E-state index in [1.807, 2.05) is 41.9 Å². The highest BCUT2D eigenvalue weighted by Crippen LogP contribution is 2.09. The lowest BCUT2D eigenvalue weighted by atomic mass is 10.1. The van der Waals surface area contributed by atoms with Gasteiger partial charge in [0.15, 0.2) is 0 Å². The lowest BCUT2D eigenvalue weighted by Gasteiger charge is -2.15. The summed E-state index contributed by atoms with van der Waals surface area (Å²) in [4.78, 5) is 4.05. The van der Waals surface area contributed by atoms with Crippen LogP contribution in [0.15, 0.2) is 37.2 Å². The molecule has 2 heterocycles. The van der Waals surface area contributed by atoms with Gasteiger partial charge >= 0.3 is 0 Å². The number of nitrogens with zero attached hydrogens (tertiary/aromatic N) is 4. The van der Waals surface area contributed by atoms with Crippen molar-refractivity contribution in [3.8, 4) is 0 Å². The molecule has 2 aromatic rings. The van der Waals surface area contributed by atoms with Crippen LogP contribution in [0.5, 0.6) is 0 Å². The fourth-order valence-corrected chi connectivity index (χ4v) is 1.68. The second-order valence-corrected chi connectivity index (χ2v) is 3.76. The first kappa shape index (κ1) is 9.96. The number of hydrogen-bond acceptors (Lipinski definition) is 2. The maximum atomic E-state index is 4.23. The molecule has 15 heavy (non-hydrogen) atoms. The molecule has 0 fully saturated rings. The molecule has 0 saturated heterocycles. The Bertz CT molecular complexity index is 327. The zero-order valence-electron chi connectivity index (χ0n) is 8.95. The van der Waals surface area contributed by atoms with Crippen molar-refractivity contribution in [2.75, 3.05) is 0 Å². The summed E-state index contributed by atoms with van der Waals surface area (Å²) in [6.07, 6.45) is 10.7. The summed E-state index contributed by atoms with van der Waals surface area (Å²) < 4.78 is 4.11. The van der Waals surface area contributed by atoms with E-state index >= 15 is 0 Å². The van der Waals surface area contributed by atoms with E-state index in [0.29, 0.717) is 5.92 Å².